The second-order valence-electron chi connectivity index (χ2n) is 19.4. The number of fused-ring (bicyclic) bond motifs is 1. The van der Waals surface area contributed by atoms with Gasteiger partial charge in [0.05, 0.1) is 18.4 Å². The van der Waals surface area contributed by atoms with Gasteiger partial charge in [-0.3, -0.25) is 43.3 Å². The Hall–Kier alpha value is -9.14. The van der Waals surface area contributed by atoms with Gasteiger partial charge in [-0.25, -0.2) is 19.6 Å². The van der Waals surface area contributed by atoms with Crippen molar-refractivity contribution in [1.82, 2.24) is 56.7 Å². The van der Waals surface area contributed by atoms with Crippen molar-refractivity contribution in [3.05, 3.63) is 89.8 Å². The highest BCUT2D eigenvalue weighted by molar-refractivity contribution is 6.12. The van der Waals surface area contributed by atoms with Crippen molar-refractivity contribution in [3.8, 4) is 0 Å². The third-order valence-electron chi connectivity index (χ3n) is 13.0. The maximum absolute atomic E-state index is 14.0. The standard InChI is InChI=1S/C54H71N15O12/c1-32(60-42(71)17-7-4-12-28-69-43(72)24-25-44(69)73)48(74)65-40(29-33-13-5-3-6-14-33)51(77)62-37(15-8-10-26-55)50(76)64-38(52(78)79)16-9-11-27-58-41(70)23-22-39(53(80)81)63-49(75)34-18-20-36(21-19-34)68(2)31-35-30-59-47-45(61-35)46(56)66-54(57)67-47/h3,5-6,13-14,18-21,24-25,30,32,37-40H,4,7-12,15-17,22-23,26-29,31,55H2,1-2H3,(H,58,70)(H,60,71)(H,62,77)(H,63,75)(H,64,76)(H,65,74)(H,78,79)(H,80,81)(H4,56,57,59,66,67)/t32-,37-,38-,39-,40-/m0/s1. The lowest BCUT2D eigenvalue weighted by atomic mass is 10.0. The van der Waals surface area contributed by atoms with E-state index in [-0.39, 0.29) is 106 Å². The zero-order chi connectivity index (χ0) is 59.0. The molecular formula is C54H71N15O12. The molecule has 0 bridgehead atoms. The van der Waals surface area contributed by atoms with E-state index in [2.05, 4.69) is 51.8 Å². The third-order valence-corrected chi connectivity index (χ3v) is 13.0. The van der Waals surface area contributed by atoms with Crippen LogP contribution in [0.2, 0.25) is 0 Å². The van der Waals surface area contributed by atoms with E-state index in [1.807, 2.05) is 4.90 Å². The molecule has 2 aromatic carbocycles. The summed E-state index contributed by atoms with van der Waals surface area (Å²) in [6.07, 6.45) is 6.40. The van der Waals surface area contributed by atoms with Gasteiger partial charge in [-0.2, -0.15) is 9.97 Å². The van der Waals surface area contributed by atoms with Crippen LogP contribution in [0.4, 0.5) is 17.5 Å². The van der Waals surface area contributed by atoms with Crippen molar-refractivity contribution >= 4 is 87.8 Å². The van der Waals surface area contributed by atoms with Crippen LogP contribution in [-0.2, 0) is 56.1 Å². The number of aliphatic carboxylic acids is 2. The number of rotatable bonds is 34. The molecule has 27 nitrogen and oxygen atoms in total. The van der Waals surface area contributed by atoms with Crippen LogP contribution in [0.25, 0.3) is 11.2 Å². The Kier molecular flexibility index (Phi) is 24.3. The molecule has 0 spiro atoms. The Morgan fingerprint density at radius 2 is 1.28 bits per heavy atom. The molecule has 0 saturated heterocycles. The van der Waals surface area contributed by atoms with Crippen LogP contribution >= 0.6 is 0 Å². The first-order chi connectivity index (χ1) is 38.7. The molecule has 27 heteroatoms. The fraction of sp³-hybridized carbons (Fsp3) is 0.444. The zero-order valence-electron chi connectivity index (χ0n) is 45.2. The first kappa shape index (κ1) is 62.7. The van der Waals surface area contributed by atoms with Crippen LogP contribution in [-0.4, -0.2) is 151 Å². The highest BCUT2D eigenvalue weighted by Crippen LogP contribution is 2.20. The summed E-state index contributed by atoms with van der Waals surface area (Å²) in [5, 5.41) is 35.5. The van der Waals surface area contributed by atoms with E-state index in [0.717, 1.165) is 4.90 Å². The maximum Gasteiger partial charge on any atom is 0.326 e. The molecule has 1 aliphatic rings. The summed E-state index contributed by atoms with van der Waals surface area (Å²) < 4.78 is 0. The van der Waals surface area contributed by atoms with Gasteiger partial charge < -0.3 is 64.2 Å². The van der Waals surface area contributed by atoms with Crippen molar-refractivity contribution in [3.63, 3.8) is 0 Å². The molecule has 8 amide bonds. The summed E-state index contributed by atoms with van der Waals surface area (Å²) in [6, 6.07) is 8.84. The topological polar surface area (TPSA) is 419 Å². The molecule has 0 aliphatic carbocycles. The average Bonchev–Trinajstić information content (AvgIpc) is 3.79. The van der Waals surface area contributed by atoms with Gasteiger partial charge in [-0.1, -0.05) is 36.8 Å². The normalized spacial score (nSPS) is 13.8. The van der Waals surface area contributed by atoms with Crippen molar-refractivity contribution in [2.75, 3.05) is 43.0 Å². The maximum atomic E-state index is 14.0. The van der Waals surface area contributed by atoms with Crippen LogP contribution in [0.1, 0.15) is 106 Å². The van der Waals surface area contributed by atoms with E-state index in [0.29, 0.717) is 61.1 Å². The number of nitrogen functional groups attached to an aromatic ring is 2. The average molecular weight is 1120 g/mol. The van der Waals surface area contributed by atoms with Gasteiger partial charge >= 0.3 is 11.9 Å². The Morgan fingerprint density at radius 3 is 1.96 bits per heavy atom. The molecule has 81 heavy (non-hydrogen) atoms. The molecule has 14 N–H and O–H groups in total. The molecule has 0 fully saturated rings. The van der Waals surface area contributed by atoms with Gasteiger partial charge in [0, 0.05) is 62.8 Å². The smallest absolute Gasteiger partial charge is 0.326 e. The Balaban J connectivity index is 1.06. The molecule has 0 radical (unpaired) electrons. The monoisotopic (exact) mass is 1120 g/mol. The second-order valence-corrected chi connectivity index (χ2v) is 19.4. The summed E-state index contributed by atoms with van der Waals surface area (Å²) in [6.45, 7) is 2.36. The number of hydrogen-bond acceptors (Lipinski definition) is 18. The number of carbonyl (C=O) groups is 10. The number of nitrogens with zero attached hydrogens (tertiary/aromatic N) is 6. The van der Waals surface area contributed by atoms with E-state index in [9.17, 15) is 58.2 Å². The van der Waals surface area contributed by atoms with E-state index in [1.165, 1.54) is 37.4 Å². The van der Waals surface area contributed by atoms with Crippen LogP contribution in [0.3, 0.4) is 0 Å². The minimum atomic E-state index is -1.40. The minimum absolute atomic E-state index is 0.00557. The van der Waals surface area contributed by atoms with E-state index < -0.39 is 77.6 Å². The Labute approximate surface area is 467 Å². The van der Waals surface area contributed by atoms with Crippen molar-refractivity contribution in [2.45, 2.75) is 127 Å². The van der Waals surface area contributed by atoms with Crippen LogP contribution < -0.4 is 54.0 Å². The second kappa shape index (κ2) is 31.5. The molecule has 4 aromatic rings. The lowest BCUT2D eigenvalue weighted by Crippen LogP contribution is -2.58. The summed E-state index contributed by atoms with van der Waals surface area (Å²) in [4.78, 5) is 147. The SMILES string of the molecule is C[C@H](NC(=O)CCCCCN1C(=O)C=CC1=O)C(=O)N[C@@H](Cc1ccccc1)C(=O)N[C@@H](CCCCN)C(=O)N[C@@H](CCCCNC(=O)CC[C@H](NC(=O)c1ccc(N(C)Cc2cnc3nc(N)nc(N)c3n2)cc1)C(=O)O)C(=O)O. The first-order valence-electron chi connectivity index (χ1n) is 26.6. The number of nitrogens with one attached hydrogen (secondary N) is 6. The van der Waals surface area contributed by atoms with E-state index in [1.54, 1.807) is 49.5 Å². The lowest BCUT2D eigenvalue weighted by molar-refractivity contribution is -0.142. The number of unbranched alkanes of at least 4 members (excludes halogenated alkanes) is 4. The molecule has 434 valence electrons. The van der Waals surface area contributed by atoms with Crippen LogP contribution in [0.15, 0.2) is 72.9 Å². The van der Waals surface area contributed by atoms with Crippen LogP contribution in [0, 0.1) is 0 Å². The van der Waals surface area contributed by atoms with Gasteiger partial charge in [-0.15, -0.1) is 0 Å². The number of benzene rings is 2. The number of carboxylic acids is 2. The molecule has 2 aromatic heterocycles. The fourth-order valence-corrected chi connectivity index (χ4v) is 8.51. The zero-order valence-corrected chi connectivity index (χ0v) is 45.2. The number of aromatic nitrogens is 4. The van der Waals surface area contributed by atoms with Gasteiger partial charge in [0.1, 0.15) is 30.2 Å². The van der Waals surface area contributed by atoms with Gasteiger partial charge in [-0.05, 0) is 101 Å². The number of anilines is 3. The van der Waals surface area contributed by atoms with Gasteiger partial charge in [0.25, 0.3) is 17.7 Å². The van der Waals surface area contributed by atoms with Gasteiger partial charge in [0.2, 0.25) is 35.5 Å². The largest absolute Gasteiger partial charge is 0.480 e. The van der Waals surface area contributed by atoms with Crippen molar-refractivity contribution in [2.24, 2.45) is 5.73 Å². The number of amides is 8. The summed E-state index contributed by atoms with van der Waals surface area (Å²) in [5.74, 6) is -7.19. The number of nitrogens with two attached hydrogens (primary N) is 3. The van der Waals surface area contributed by atoms with Crippen molar-refractivity contribution < 1.29 is 58.2 Å². The lowest BCUT2D eigenvalue weighted by Gasteiger charge is -2.25. The molecule has 0 unspecified atom stereocenters. The number of carboxylic acid groups (broad SMARTS) is 2. The first-order valence-corrected chi connectivity index (χ1v) is 26.6. The molecule has 5 atom stereocenters. The highest BCUT2D eigenvalue weighted by Gasteiger charge is 2.31. The summed E-state index contributed by atoms with van der Waals surface area (Å²) in [5.41, 5.74) is 20.0. The Bertz CT molecular complexity index is 2890. The highest BCUT2D eigenvalue weighted by atomic mass is 16.4. The van der Waals surface area contributed by atoms with E-state index >= 15 is 0 Å². The quantitative estimate of drug-likeness (QED) is 0.0222. The van der Waals surface area contributed by atoms with E-state index in [4.69, 9.17) is 17.2 Å². The van der Waals surface area contributed by atoms with Crippen LogP contribution in [0.5, 0.6) is 0 Å². The molecule has 5 rings (SSSR count). The summed E-state index contributed by atoms with van der Waals surface area (Å²) >= 11 is 0. The predicted molar refractivity (Wildman–Crippen MR) is 296 cm³/mol. The minimum Gasteiger partial charge on any atom is -0.480 e. The van der Waals surface area contributed by atoms with Gasteiger partial charge in [0.15, 0.2) is 17.0 Å². The molecular weight excluding hydrogens is 1050 g/mol. The molecule has 0 saturated carbocycles. The number of carbonyl (C=O) groups excluding carboxylic acids is 8. The molecule has 1 aliphatic heterocycles. The fourth-order valence-electron chi connectivity index (χ4n) is 8.51. The predicted octanol–water partition coefficient (Wildman–Crippen LogP) is 0.371. The summed E-state index contributed by atoms with van der Waals surface area (Å²) in [7, 11) is 1.79. The Morgan fingerprint density at radius 1 is 0.654 bits per heavy atom. The number of hydrogen-bond donors (Lipinski definition) is 11. The number of imide groups is 1. The van der Waals surface area contributed by atoms with Crippen molar-refractivity contribution in [1.29, 1.82) is 0 Å². The third kappa shape index (κ3) is 20.2. The molecule has 3 heterocycles.